The predicted molar refractivity (Wildman–Crippen MR) is 109 cm³/mol. The second-order valence-corrected chi connectivity index (χ2v) is 8.15. The highest BCUT2D eigenvalue weighted by molar-refractivity contribution is 7.99. The van der Waals surface area contributed by atoms with Crippen LogP contribution in [0.2, 0.25) is 10.0 Å². The Hall–Kier alpha value is -1.42. The fourth-order valence-electron chi connectivity index (χ4n) is 2.63. The maximum absolute atomic E-state index is 5.97. The van der Waals surface area contributed by atoms with Crippen molar-refractivity contribution < 1.29 is 0 Å². The molecule has 25 heavy (non-hydrogen) atoms. The summed E-state index contributed by atoms with van der Waals surface area (Å²) in [6, 6.07) is 16.3. The molecule has 130 valence electrons. The van der Waals surface area contributed by atoms with Gasteiger partial charge in [0.15, 0.2) is 0 Å². The van der Waals surface area contributed by atoms with Crippen molar-refractivity contribution in [3.05, 3.63) is 88.4 Å². The minimum atomic E-state index is 0.514. The van der Waals surface area contributed by atoms with Crippen molar-refractivity contribution in [2.24, 2.45) is 0 Å². The molecule has 5 heteroatoms. The van der Waals surface area contributed by atoms with Crippen LogP contribution in [0.4, 0.5) is 0 Å². The standard InChI is InChI=1S/C20H20Cl2N2S/c21-18-6-1-16(2-7-18)5-10-20(13-24-12-11-23-15-24)25-14-17-3-8-19(22)9-4-17/h1-4,6-9,11-12,15,20H,5,10,13-14H2. The molecule has 0 radical (unpaired) electrons. The zero-order chi connectivity index (χ0) is 17.5. The Kier molecular flexibility index (Phi) is 6.85. The van der Waals surface area contributed by atoms with Crippen molar-refractivity contribution in [3.63, 3.8) is 0 Å². The van der Waals surface area contributed by atoms with Gasteiger partial charge in [-0.3, -0.25) is 0 Å². The molecule has 1 atom stereocenters. The average Bonchev–Trinajstić information content (AvgIpc) is 3.13. The molecule has 0 spiro atoms. The van der Waals surface area contributed by atoms with Gasteiger partial charge in [0.1, 0.15) is 0 Å². The number of nitrogens with zero attached hydrogens (tertiary/aromatic N) is 2. The van der Waals surface area contributed by atoms with Gasteiger partial charge in [0.25, 0.3) is 0 Å². The third-order valence-corrected chi connectivity index (χ3v) is 5.90. The van der Waals surface area contributed by atoms with Gasteiger partial charge < -0.3 is 4.57 Å². The fourth-order valence-corrected chi connectivity index (χ4v) is 4.07. The molecule has 1 heterocycles. The number of aromatic nitrogens is 2. The van der Waals surface area contributed by atoms with Gasteiger partial charge in [-0.05, 0) is 48.2 Å². The number of aryl methyl sites for hydroxylation is 1. The summed E-state index contributed by atoms with van der Waals surface area (Å²) in [7, 11) is 0. The van der Waals surface area contributed by atoms with Crippen LogP contribution in [0.3, 0.4) is 0 Å². The van der Waals surface area contributed by atoms with Crippen LogP contribution in [0, 0.1) is 0 Å². The highest BCUT2D eigenvalue weighted by atomic mass is 35.5. The summed E-state index contributed by atoms with van der Waals surface area (Å²) in [5.74, 6) is 0.983. The van der Waals surface area contributed by atoms with E-state index in [0.29, 0.717) is 5.25 Å². The molecule has 0 aliphatic carbocycles. The summed E-state index contributed by atoms with van der Waals surface area (Å²) in [5.41, 5.74) is 2.63. The quantitative estimate of drug-likeness (QED) is 0.460. The number of hydrogen-bond donors (Lipinski definition) is 0. The van der Waals surface area contributed by atoms with Crippen LogP contribution in [0.5, 0.6) is 0 Å². The number of imidazole rings is 1. The highest BCUT2D eigenvalue weighted by Crippen LogP contribution is 2.25. The van der Waals surface area contributed by atoms with E-state index in [1.165, 1.54) is 11.1 Å². The summed E-state index contributed by atoms with van der Waals surface area (Å²) in [6.45, 7) is 0.964. The maximum atomic E-state index is 5.97. The van der Waals surface area contributed by atoms with Gasteiger partial charge in [-0.1, -0.05) is 47.5 Å². The SMILES string of the molecule is Clc1ccc(CCC(Cn2ccnc2)SCc2ccc(Cl)cc2)cc1. The Morgan fingerprint density at radius 3 is 2.16 bits per heavy atom. The topological polar surface area (TPSA) is 17.8 Å². The van der Waals surface area contributed by atoms with Crippen molar-refractivity contribution in [2.75, 3.05) is 0 Å². The molecular weight excluding hydrogens is 371 g/mol. The van der Waals surface area contributed by atoms with Crippen LogP contribution in [-0.4, -0.2) is 14.8 Å². The summed E-state index contributed by atoms with van der Waals surface area (Å²) >= 11 is 13.9. The summed E-state index contributed by atoms with van der Waals surface area (Å²) in [6.07, 6.45) is 7.90. The largest absolute Gasteiger partial charge is 0.336 e. The first kappa shape index (κ1) is 18.4. The van der Waals surface area contributed by atoms with E-state index in [-0.39, 0.29) is 0 Å². The van der Waals surface area contributed by atoms with E-state index in [1.54, 1.807) is 0 Å². The lowest BCUT2D eigenvalue weighted by atomic mass is 10.1. The molecule has 0 bridgehead atoms. The monoisotopic (exact) mass is 390 g/mol. The van der Waals surface area contributed by atoms with E-state index in [2.05, 4.69) is 33.8 Å². The van der Waals surface area contributed by atoms with Crippen molar-refractivity contribution in [3.8, 4) is 0 Å². The maximum Gasteiger partial charge on any atom is 0.0946 e. The zero-order valence-electron chi connectivity index (χ0n) is 13.8. The molecular formula is C20H20Cl2N2S. The van der Waals surface area contributed by atoms with E-state index < -0.39 is 0 Å². The molecule has 0 saturated heterocycles. The van der Waals surface area contributed by atoms with Crippen molar-refractivity contribution in [1.82, 2.24) is 9.55 Å². The average molecular weight is 391 g/mol. The molecule has 0 aliphatic heterocycles. The molecule has 1 aromatic heterocycles. The summed E-state index contributed by atoms with van der Waals surface area (Å²) in [4.78, 5) is 4.16. The molecule has 2 aromatic carbocycles. The summed E-state index contributed by atoms with van der Waals surface area (Å²) in [5, 5.41) is 2.09. The Morgan fingerprint density at radius 2 is 1.56 bits per heavy atom. The number of hydrogen-bond acceptors (Lipinski definition) is 2. The van der Waals surface area contributed by atoms with E-state index >= 15 is 0 Å². The molecule has 0 N–H and O–H groups in total. The second kappa shape index (κ2) is 9.33. The minimum absolute atomic E-state index is 0.514. The first-order valence-corrected chi connectivity index (χ1v) is 10.1. The van der Waals surface area contributed by atoms with E-state index in [4.69, 9.17) is 23.2 Å². The van der Waals surface area contributed by atoms with Crippen LogP contribution < -0.4 is 0 Å². The van der Waals surface area contributed by atoms with Gasteiger partial charge in [0.05, 0.1) is 6.33 Å². The number of benzene rings is 2. The van der Waals surface area contributed by atoms with Gasteiger partial charge in [-0.2, -0.15) is 11.8 Å². The molecule has 0 fully saturated rings. The van der Waals surface area contributed by atoms with Gasteiger partial charge in [0, 0.05) is 40.0 Å². The van der Waals surface area contributed by atoms with E-state index in [1.807, 2.05) is 54.7 Å². The Labute approximate surface area is 163 Å². The van der Waals surface area contributed by atoms with Crippen molar-refractivity contribution in [2.45, 2.75) is 30.4 Å². The number of rotatable bonds is 8. The first-order valence-electron chi connectivity index (χ1n) is 8.25. The van der Waals surface area contributed by atoms with Crippen LogP contribution in [0.15, 0.2) is 67.3 Å². The van der Waals surface area contributed by atoms with Crippen LogP contribution in [0.25, 0.3) is 0 Å². The highest BCUT2D eigenvalue weighted by Gasteiger charge is 2.11. The second-order valence-electron chi connectivity index (χ2n) is 5.98. The summed E-state index contributed by atoms with van der Waals surface area (Å²) < 4.78 is 2.15. The zero-order valence-corrected chi connectivity index (χ0v) is 16.1. The fraction of sp³-hybridized carbons (Fsp3) is 0.250. The van der Waals surface area contributed by atoms with E-state index in [0.717, 1.165) is 35.2 Å². The third-order valence-electron chi connectivity index (χ3n) is 4.04. The van der Waals surface area contributed by atoms with E-state index in [9.17, 15) is 0 Å². The lowest BCUT2D eigenvalue weighted by molar-refractivity contribution is 0.624. The molecule has 0 saturated carbocycles. The molecule has 3 aromatic rings. The lowest BCUT2D eigenvalue weighted by Gasteiger charge is -2.17. The van der Waals surface area contributed by atoms with Gasteiger partial charge in [-0.15, -0.1) is 0 Å². The van der Waals surface area contributed by atoms with Crippen molar-refractivity contribution >= 4 is 35.0 Å². The lowest BCUT2D eigenvalue weighted by Crippen LogP contribution is -2.13. The molecule has 1 unspecified atom stereocenters. The first-order chi connectivity index (χ1) is 12.2. The molecule has 0 aliphatic rings. The molecule has 0 amide bonds. The normalized spacial score (nSPS) is 12.2. The number of thioether (sulfide) groups is 1. The molecule has 2 nitrogen and oxygen atoms in total. The van der Waals surface area contributed by atoms with Crippen LogP contribution in [0.1, 0.15) is 17.5 Å². The third kappa shape index (κ3) is 6.10. The Morgan fingerprint density at radius 1 is 0.920 bits per heavy atom. The number of halogens is 2. The Balaban J connectivity index is 1.59. The van der Waals surface area contributed by atoms with Crippen molar-refractivity contribution in [1.29, 1.82) is 0 Å². The van der Waals surface area contributed by atoms with Gasteiger partial charge in [-0.25, -0.2) is 4.98 Å². The van der Waals surface area contributed by atoms with Gasteiger partial charge in [0.2, 0.25) is 0 Å². The molecule has 3 rings (SSSR count). The van der Waals surface area contributed by atoms with Gasteiger partial charge >= 0.3 is 0 Å². The van der Waals surface area contributed by atoms with Crippen LogP contribution in [-0.2, 0) is 18.7 Å². The predicted octanol–water partition coefficient (Wildman–Crippen LogP) is 6.12. The smallest absolute Gasteiger partial charge is 0.0946 e. The Bertz CT molecular complexity index is 706. The van der Waals surface area contributed by atoms with Crippen LogP contribution >= 0.6 is 35.0 Å². The minimum Gasteiger partial charge on any atom is -0.336 e.